The number of carboxylic acids is 1. The average molecular weight is 270 g/mol. The lowest BCUT2D eigenvalue weighted by atomic mass is 10.2. The average Bonchev–Trinajstić information content (AvgIpc) is 3.24. The lowest BCUT2D eigenvalue weighted by Gasteiger charge is -2.27. The summed E-state index contributed by atoms with van der Waals surface area (Å²) >= 11 is 1.63. The van der Waals surface area contributed by atoms with Crippen molar-refractivity contribution in [3.63, 3.8) is 0 Å². The minimum Gasteiger partial charge on any atom is -0.480 e. The highest BCUT2D eigenvalue weighted by atomic mass is 32.2. The molecule has 2 saturated carbocycles. The second-order valence-corrected chi connectivity index (χ2v) is 6.52. The van der Waals surface area contributed by atoms with Crippen LogP contribution in [0.2, 0.25) is 0 Å². The first-order valence-electron chi connectivity index (χ1n) is 6.56. The van der Waals surface area contributed by atoms with Gasteiger partial charge in [-0.05, 0) is 31.6 Å². The third-order valence-corrected chi connectivity index (χ3v) is 5.21. The fourth-order valence-electron chi connectivity index (χ4n) is 2.39. The Bertz CT molecular complexity index is 368. The van der Waals surface area contributed by atoms with Gasteiger partial charge in [-0.2, -0.15) is 0 Å². The number of nitrogens with one attached hydrogen (secondary N) is 1. The van der Waals surface area contributed by atoms with Crippen LogP contribution >= 0.6 is 11.8 Å². The molecule has 0 spiro atoms. The summed E-state index contributed by atoms with van der Waals surface area (Å²) in [6.07, 6.45) is 4.53. The van der Waals surface area contributed by atoms with Gasteiger partial charge >= 0.3 is 5.97 Å². The third-order valence-electron chi connectivity index (χ3n) is 3.75. The van der Waals surface area contributed by atoms with Gasteiger partial charge in [0.05, 0.1) is 11.9 Å². The number of aliphatic carboxylic acids is 1. The Balaban J connectivity index is 1.65. The van der Waals surface area contributed by atoms with Gasteiger partial charge in [0.15, 0.2) is 0 Å². The number of thioether (sulfide) groups is 1. The highest BCUT2D eigenvalue weighted by molar-refractivity contribution is 8.00. The van der Waals surface area contributed by atoms with Crippen molar-refractivity contribution in [2.75, 3.05) is 12.3 Å². The summed E-state index contributed by atoms with van der Waals surface area (Å²) in [5.74, 6) is 0.136. The van der Waals surface area contributed by atoms with E-state index >= 15 is 0 Å². The van der Waals surface area contributed by atoms with E-state index in [0.717, 1.165) is 25.7 Å². The van der Waals surface area contributed by atoms with E-state index in [1.54, 1.807) is 16.7 Å². The molecule has 0 radical (unpaired) electrons. The predicted molar refractivity (Wildman–Crippen MR) is 68.3 cm³/mol. The number of carbonyl (C=O) groups is 2. The molecule has 6 heteroatoms. The predicted octanol–water partition coefficient (Wildman–Crippen LogP) is 0.503. The van der Waals surface area contributed by atoms with Crippen LogP contribution in [-0.4, -0.2) is 51.6 Å². The molecule has 100 valence electrons. The number of amides is 1. The van der Waals surface area contributed by atoms with E-state index in [9.17, 15) is 14.7 Å². The summed E-state index contributed by atoms with van der Waals surface area (Å²) in [6, 6.07) is -0.152. The van der Waals surface area contributed by atoms with E-state index < -0.39 is 12.0 Å². The molecule has 0 aromatic heterocycles. The van der Waals surface area contributed by atoms with E-state index in [1.807, 2.05) is 0 Å². The van der Waals surface area contributed by atoms with Gasteiger partial charge in [0.1, 0.15) is 6.04 Å². The SMILES string of the molecule is O=C(O)C1CSC(C2CC2)N1C(=O)CNC1CC1. The summed E-state index contributed by atoms with van der Waals surface area (Å²) in [4.78, 5) is 25.1. The maximum absolute atomic E-state index is 12.2. The third kappa shape index (κ3) is 2.49. The standard InChI is InChI=1S/C12H18N2O3S/c15-10(5-13-8-3-4-8)14-9(12(16)17)6-18-11(14)7-1-2-7/h7-9,11,13H,1-6H2,(H,16,17). The van der Waals surface area contributed by atoms with Crippen molar-refractivity contribution in [2.45, 2.75) is 43.1 Å². The summed E-state index contributed by atoms with van der Waals surface area (Å²) in [5, 5.41) is 12.5. The first kappa shape index (κ1) is 12.3. The molecule has 0 aromatic rings. The summed E-state index contributed by atoms with van der Waals surface area (Å²) in [7, 11) is 0. The number of nitrogens with zero attached hydrogens (tertiary/aromatic N) is 1. The first-order chi connectivity index (χ1) is 8.66. The zero-order valence-electron chi connectivity index (χ0n) is 10.2. The molecule has 1 saturated heterocycles. The minimum absolute atomic E-state index is 0.0452. The van der Waals surface area contributed by atoms with Gasteiger partial charge in [0.25, 0.3) is 0 Å². The van der Waals surface area contributed by atoms with Crippen molar-refractivity contribution in [3.05, 3.63) is 0 Å². The van der Waals surface area contributed by atoms with Gasteiger partial charge < -0.3 is 15.3 Å². The fourth-order valence-corrected chi connectivity index (χ4v) is 4.04. The van der Waals surface area contributed by atoms with Crippen LogP contribution in [0.5, 0.6) is 0 Å². The summed E-state index contributed by atoms with van der Waals surface area (Å²) in [6.45, 7) is 0.290. The number of carboxylic acid groups (broad SMARTS) is 1. The lowest BCUT2D eigenvalue weighted by Crippen LogP contribution is -2.49. The Labute approximate surface area is 110 Å². The summed E-state index contributed by atoms with van der Waals surface area (Å²) in [5.41, 5.74) is 0. The van der Waals surface area contributed by atoms with Crippen molar-refractivity contribution in [3.8, 4) is 0 Å². The second kappa shape index (κ2) is 4.74. The number of rotatable bonds is 5. The Morgan fingerprint density at radius 1 is 1.28 bits per heavy atom. The van der Waals surface area contributed by atoms with E-state index in [0.29, 0.717) is 17.7 Å². The molecule has 0 bridgehead atoms. The second-order valence-electron chi connectivity index (χ2n) is 5.37. The molecule has 5 nitrogen and oxygen atoms in total. The van der Waals surface area contributed by atoms with Gasteiger partial charge in [0, 0.05) is 11.8 Å². The van der Waals surface area contributed by atoms with Crippen LogP contribution in [0.3, 0.4) is 0 Å². The Morgan fingerprint density at radius 2 is 2.00 bits per heavy atom. The topological polar surface area (TPSA) is 69.6 Å². The first-order valence-corrected chi connectivity index (χ1v) is 7.60. The molecular weight excluding hydrogens is 252 g/mol. The van der Waals surface area contributed by atoms with Crippen LogP contribution in [0.25, 0.3) is 0 Å². The molecule has 2 N–H and O–H groups in total. The highest BCUT2D eigenvalue weighted by Gasteiger charge is 2.47. The zero-order chi connectivity index (χ0) is 12.7. The molecule has 2 aliphatic carbocycles. The Morgan fingerprint density at radius 3 is 2.56 bits per heavy atom. The molecule has 0 aromatic carbocycles. The van der Waals surface area contributed by atoms with Gasteiger partial charge in [0.2, 0.25) is 5.91 Å². The van der Waals surface area contributed by atoms with E-state index in [-0.39, 0.29) is 17.8 Å². The fraction of sp³-hybridized carbons (Fsp3) is 0.833. The Kier molecular flexibility index (Phi) is 3.23. The smallest absolute Gasteiger partial charge is 0.327 e. The molecule has 18 heavy (non-hydrogen) atoms. The van der Waals surface area contributed by atoms with Crippen LogP contribution < -0.4 is 5.32 Å². The zero-order valence-corrected chi connectivity index (χ0v) is 11.0. The van der Waals surface area contributed by atoms with Crippen LogP contribution in [0.15, 0.2) is 0 Å². The van der Waals surface area contributed by atoms with Crippen LogP contribution in [0, 0.1) is 5.92 Å². The number of hydrogen-bond acceptors (Lipinski definition) is 4. The Hall–Kier alpha value is -0.750. The van der Waals surface area contributed by atoms with E-state index in [4.69, 9.17) is 0 Å². The molecule has 1 heterocycles. The van der Waals surface area contributed by atoms with Crippen molar-refractivity contribution in [2.24, 2.45) is 5.92 Å². The van der Waals surface area contributed by atoms with Gasteiger partial charge in [-0.3, -0.25) is 4.79 Å². The van der Waals surface area contributed by atoms with E-state index in [1.165, 1.54) is 0 Å². The maximum Gasteiger partial charge on any atom is 0.327 e. The normalized spacial score (nSPS) is 31.7. The van der Waals surface area contributed by atoms with Gasteiger partial charge in [-0.1, -0.05) is 0 Å². The number of carbonyl (C=O) groups excluding carboxylic acids is 1. The van der Waals surface area contributed by atoms with Crippen LogP contribution in [0.4, 0.5) is 0 Å². The molecule has 2 atom stereocenters. The van der Waals surface area contributed by atoms with Crippen LogP contribution in [0.1, 0.15) is 25.7 Å². The van der Waals surface area contributed by atoms with Crippen molar-refractivity contribution in [1.82, 2.24) is 10.2 Å². The molecule has 1 aliphatic heterocycles. The quantitative estimate of drug-likeness (QED) is 0.761. The minimum atomic E-state index is -0.870. The van der Waals surface area contributed by atoms with E-state index in [2.05, 4.69) is 5.32 Å². The van der Waals surface area contributed by atoms with Crippen molar-refractivity contribution < 1.29 is 14.7 Å². The van der Waals surface area contributed by atoms with Gasteiger partial charge in [-0.15, -0.1) is 11.8 Å². The van der Waals surface area contributed by atoms with Crippen molar-refractivity contribution in [1.29, 1.82) is 0 Å². The highest BCUT2D eigenvalue weighted by Crippen LogP contribution is 2.45. The van der Waals surface area contributed by atoms with Crippen LogP contribution in [-0.2, 0) is 9.59 Å². The molecule has 1 amide bonds. The molecular formula is C12H18N2O3S. The molecule has 3 rings (SSSR count). The monoisotopic (exact) mass is 270 g/mol. The van der Waals surface area contributed by atoms with Gasteiger partial charge in [-0.25, -0.2) is 4.79 Å². The molecule has 3 fully saturated rings. The van der Waals surface area contributed by atoms with Crippen molar-refractivity contribution >= 4 is 23.6 Å². The number of hydrogen-bond donors (Lipinski definition) is 2. The lowest BCUT2D eigenvalue weighted by molar-refractivity contribution is -0.148. The summed E-state index contributed by atoms with van der Waals surface area (Å²) < 4.78 is 0. The largest absolute Gasteiger partial charge is 0.480 e. The maximum atomic E-state index is 12.2. The molecule has 3 aliphatic rings. The molecule has 2 unspecified atom stereocenters.